The largest absolute Gasteiger partial charge is 0.485 e. The summed E-state index contributed by atoms with van der Waals surface area (Å²) in [5.74, 6) is 0.0413. The zero-order valence-electron chi connectivity index (χ0n) is 14.7. The molecular weight excluding hydrogens is 378 g/mol. The topological polar surface area (TPSA) is 22.1 Å². The number of ether oxygens (including phenoxy) is 1. The summed E-state index contributed by atoms with van der Waals surface area (Å²) < 4.78 is 57.4. The monoisotopic (exact) mass is 395 g/mol. The van der Waals surface area contributed by atoms with Gasteiger partial charge in [0.2, 0.25) is 0 Å². The highest BCUT2D eigenvalue weighted by Crippen LogP contribution is 2.37. The Balaban J connectivity index is 1.86. The van der Waals surface area contributed by atoms with Gasteiger partial charge in [0.1, 0.15) is 22.7 Å². The van der Waals surface area contributed by atoms with Crippen LogP contribution < -0.4 is 4.74 Å². The van der Waals surface area contributed by atoms with Gasteiger partial charge in [-0.05, 0) is 37.6 Å². The SMILES string of the molecule is CCC(Oc1cccc(F)c1)c1sc(-c2ccc(C(F)(F)F)cc2)nc1C. The minimum atomic E-state index is -4.37. The molecule has 142 valence electrons. The predicted octanol–water partition coefficient (Wildman–Crippen LogP) is 6.81. The van der Waals surface area contributed by atoms with E-state index in [-0.39, 0.29) is 11.9 Å². The molecule has 0 spiro atoms. The van der Waals surface area contributed by atoms with E-state index in [0.29, 0.717) is 22.7 Å². The van der Waals surface area contributed by atoms with Gasteiger partial charge in [-0.25, -0.2) is 9.37 Å². The first-order valence-electron chi connectivity index (χ1n) is 8.35. The summed E-state index contributed by atoms with van der Waals surface area (Å²) in [6.45, 7) is 3.78. The van der Waals surface area contributed by atoms with Crippen LogP contribution in [0.3, 0.4) is 0 Å². The summed E-state index contributed by atoms with van der Waals surface area (Å²) in [6.07, 6.45) is -4.03. The minimum Gasteiger partial charge on any atom is -0.485 e. The molecule has 1 unspecified atom stereocenters. The van der Waals surface area contributed by atoms with Crippen molar-refractivity contribution in [2.75, 3.05) is 0 Å². The van der Waals surface area contributed by atoms with Gasteiger partial charge in [0.05, 0.1) is 16.1 Å². The Morgan fingerprint density at radius 2 is 1.81 bits per heavy atom. The van der Waals surface area contributed by atoms with Crippen LogP contribution in [0.4, 0.5) is 17.6 Å². The number of alkyl halides is 3. The Hall–Kier alpha value is -2.41. The highest BCUT2D eigenvalue weighted by atomic mass is 32.1. The summed E-state index contributed by atoms with van der Waals surface area (Å²) in [5, 5.41) is 0.623. The lowest BCUT2D eigenvalue weighted by Crippen LogP contribution is -2.06. The molecule has 0 N–H and O–H groups in total. The molecule has 2 aromatic carbocycles. The fourth-order valence-corrected chi connectivity index (χ4v) is 3.84. The molecule has 27 heavy (non-hydrogen) atoms. The first-order chi connectivity index (χ1) is 12.8. The Morgan fingerprint density at radius 3 is 2.41 bits per heavy atom. The lowest BCUT2D eigenvalue weighted by atomic mass is 10.1. The fraction of sp³-hybridized carbons (Fsp3) is 0.250. The number of aromatic nitrogens is 1. The lowest BCUT2D eigenvalue weighted by Gasteiger charge is -2.16. The average Bonchev–Trinajstić information content (AvgIpc) is 3.01. The summed E-state index contributed by atoms with van der Waals surface area (Å²) in [6, 6.07) is 10.8. The molecule has 0 saturated carbocycles. The van der Waals surface area contributed by atoms with Crippen molar-refractivity contribution in [1.29, 1.82) is 0 Å². The molecular formula is C20H17F4NOS. The standard InChI is InChI=1S/C20H17F4NOS/c1-3-17(26-16-6-4-5-15(21)11-16)18-12(2)25-19(27-18)13-7-9-14(10-8-13)20(22,23)24/h4-11,17H,3H2,1-2H3. The molecule has 1 aromatic heterocycles. The third-order valence-electron chi connectivity index (χ3n) is 4.03. The molecule has 3 aromatic rings. The number of thiazole rings is 1. The maximum atomic E-state index is 13.4. The zero-order valence-corrected chi connectivity index (χ0v) is 15.5. The second-order valence-electron chi connectivity index (χ2n) is 6.02. The summed E-state index contributed by atoms with van der Waals surface area (Å²) in [4.78, 5) is 5.36. The van der Waals surface area contributed by atoms with Gasteiger partial charge in [0.25, 0.3) is 0 Å². The van der Waals surface area contributed by atoms with Crippen LogP contribution in [0, 0.1) is 12.7 Å². The van der Waals surface area contributed by atoms with E-state index in [4.69, 9.17) is 4.74 Å². The zero-order chi connectivity index (χ0) is 19.6. The molecule has 3 rings (SSSR count). The van der Waals surface area contributed by atoms with E-state index in [2.05, 4.69) is 4.98 Å². The summed E-state index contributed by atoms with van der Waals surface area (Å²) in [5.41, 5.74) is 0.668. The molecule has 0 saturated heterocycles. The highest BCUT2D eigenvalue weighted by molar-refractivity contribution is 7.15. The van der Waals surface area contributed by atoms with E-state index in [9.17, 15) is 17.6 Å². The molecule has 0 fully saturated rings. The second-order valence-corrected chi connectivity index (χ2v) is 7.05. The van der Waals surface area contributed by atoms with Crippen molar-refractivity contribution < 1.29 is 22.3 Å². The van der Waals surface area contributed by atoms with Gasteiger partial charge in [-0.1, -0.05) is 25.1 Å². The first-order valence-corrected chi connectivity index (χ1v) is 9.16. The van der Waals surface area contributed by atoms with Crippen molar-refractivity contribution in [3.63, 3.8) is 0 Å². The van der Waals surface area contributed by atoms with Crippen molar-refractivity contribution in [3.05, 3.63) is 70.5 Å². The van der Waals surface area contributed by atoms with Gasteiger partial charge in [-0.15, -0.1) is 11.3 Å². The molecule has 0 aliphatic heterocycles. The van der Waals surface area contributed by atoms with Crippen molar-refractivity contribution >= 4 is 11.3 Å². The van der Waals surface area contributed by atoms with Crippen LogP contribution in [0.15, 0.2) is 48.5 Å². The van der Waals surface area contributed by atoms with Gasteiger partial charge >= 0.3 is 6.18 Å². The molecule has 2 nitrogen and oxygen atoms in total. The maximum Gasteiger partial charge on any atom is 0.416 e. The lowest BCUT2D eigenvalue weighted by molar-refractivity contribution is -0.137. The molecule has 0 amide bonds. The third-order valence-corrected chi connectivity index (χ3v) is 5.33. The van der Waals surface area contributed by atoms with Crippen LogP contribution in [0.25, 0.3) is 10.6 Å². The van der Waals surface area contributed by atoms with Crippen LogP contribution in [0.5, 0.6) is 5.75 Å². The highest BCUT2D eigenvalue weighted by Gasteiger charge is 2.30. The molecule has 0 bridgehead atoms. The summed E-state index contributed by atoms with van der Waals surface area (Å²) >= 11 is 1.37. The number of hydrogen-bond donors (Lipinski definition) is 0. The quantitative estimate of drug-likeness (QED) is 0.443. The van der Waals surface area contributed by atoms with Gasteiger partial charge in [-0.3, -0.25) is 0 Å². The first kappa shape index (κ1) is 19.4. The van der Waals surface area contributed by atoms with E-state index < -0.39 is 11.7 Å². The van der Waals surface area contributed by atoms with Crippen molar-refractivity contribution in [1.82, 2.24) is 4.98 Å². The molecule has 1 atom stereocenters. The molecule has 1 heterocycles. The van der Waals surface area contributed by atoms with Crippen molar-refractivity contribution in [2.45, 2.75) is 32.5 Å². The van der Waals surface area contributed by atoms with E-state index in [1.165, 1.54) is 35.6 Å². The van der Waals surface area contributed by atoms with E-state index in [0.717, 1.165) is 22.7 Å². The molecule has 0 aliphatic rings. The van der Waals surface area contributed by atoms with Crippen LogP contribution in [0.2, 0.25) is 0 Å². The smallest absolute Gasteiger partial charge is 0.416 e. The fourth-order valence-electron chi connectivity index (χ4n) is 2.66. The Bertz CT molecular complexity index is 918. The number of rotatable bonds is 5. The number of aryl methyl sites for hydroxylation is 1. The van der Waals surface area contributed by atoms with E-state index >= 15 is 0 Å². The van der Waals surface area contributed by atoms with Crippen LogP contribution in [-0.2, 0) is 6.18 Å². The van der Waals surface area contributed by atoms with Crippen molar-refractivity contribution in [3.8, 4) is 16.3 Å². The molecule has 0 radical (unpaired) electrons. The second kappa shape index (κ2) is 7.68. The van der Waals surface area contributed by atoms with Crippen LogP contribution in [-0.4, -0.2) is 4.98 Å². The van der Waals surface area contributed by atoms with Crippen LogP contribution in [0.1, 0.15) is 35.6 Å². The van der Waals surface area contributed by atoms with Crippen molar-refractivity contribution in [2.24, 2.45) is 0 Å². The van der Waals surface area contributed by atoms with E-state index in [1.54, 1.807) is 12.1 Å². The molecule has 7 heteroatoms. The van der Waals surface area contributed by atoms with Gasteiger partial charge in [-0.2, -0.15) is 13.2 Å². The normalized spacial score (nSPS) is 12.8. The average molecular weight is 395 g/mol. The number of halogens is 4. The predicted molar refractivity (Wildman–Crippen MR) is 97.3 cm³/mol. The Labute approximate surface area is 158 Å². The Kier molecular flexibility index (Phi) is 5.51. The van der Waals surface area contributed by atoms with Gasteiger partial charge in [0.15, 0.2) is 0 Å². The maximum absolute atomic E-state index is 13.4. The van der Waals surface area contributed by atoms with Crippen LogP contribution >= 0.6 is 11.3 Å². The van der Waals surface area contributed by atoms with E-state index in [1.807, 2.05) is 13.8 Å². The molecule has 0 aliphatic carbocycles. The number of hydrogen-bond acceptors (Lipinski definition) is 3. The number of nitrogens with zero attached hydrogens (tertiary/aromatic N) is 1. The minimum absolute atomic E-state index is 0.313. The van der Waals surface area contributed by atoms with Gasteiger partial charge < -0.3 is 4.74 Å². The third kappa shape index (κ3) is 4.47. The Morgan fingerprint density at radius 1 is 1.11 bits per heavy atom. The number of benzene rings is 2. The van der Waals surface area contributed by atoms with Gasteiger partial charge in [0, 0.05) is 11.6 Å². The summed E-state index contributed by atoms with van der Waals surface area (Å²) in [7, 11) is 0.